The number of ether oxygens (including phenoxy) is 1. The van der Waals surface area contributed by atoms with Crippen molar-refractivity contribution in [2.45, 2.75) is 6.61 Å². The predicted octanol–water partition coefficient (Wildman–Crippen LogP) is 2.80. The Labute approximate surface area is 138 Å². The van der Waals surface area contributed by atoms with Crippen LogP contribution >= 0.6 is 0 Å². The van der Waals surface area contributed by atoms with Gasteiger partial charge in [0.2, 0.25) is 0 Å². The van der Waals surface area contributed by atoms with Gasteiger partial charge >= 0.3 is 12.1 Å². The molecule has 5 nitrogen and oxygen atoms in total. The van der Waals surface area contributed by atoms with Gasteiger partial charge in [-0.2, -0.15) is 0 Å². The normalized spacial score (nSPS) is 9.54. The number of amides is 1. The molecule has 2 aromatic carbocycles. The molecular formula is C18H14FNO4. The summed E-state index contributed by atoms with van der Waals surface area (Å²) >= 11 is 0. The van der Waals surface area contributed by atoms with Crippen LogP contribution in [0.15, 0.2) is 48.5 Å². The Bertz CT molecular complexity index is 794. The van der Waals surface area contributed by atoms with Gasteiger partial charge in [0.25, 0.3) is 0 Å². The molecular weight excluding hydrogens is 313 g/mol. The van der Waals surface area contributed by atoms with Crippen LogP contribution in [0.5, 0.6) is 0 Å². The highest BCUT2D eigenvalue weighted by Crippen LogP contribution is 2.09. The lowest BCUT2D eigenvalue weighted by molar-refractivity contribution is 0.0696. The molecule has 6 heteroatoms. The number of carbonyl (C=O) groups excluding carboxylic acids is 1. The van der Waals surface area contributed by atoms with Crippen molar-refractivity contribution < 1.29 is 23.8 Å². The third kappa shape index (κ3) is 5.14. The lowest BCUT2D eigenvalue weighted by Gasteiger charge is -2.04. The van der Waals surface area contributed by atoms with E-state index in [0.717, 1.165) is 23.8 Å². The molecule has 0 bridgehead atoms. The van der Waals surface area contributed by atoms with Gasteiger partial charge in [0, 0.05) is 0 Å². The van der Waals surface area contributed by atoms with E-state index in [1.54, 1.807) is 0 Å². The van der Waals surface area contributed by atoms with E-state index in [-0.39, 0.29) is 24.3 Å². The van der Waals surface area contributed by atoms with E-state index in [1.165, 1.54) is 0 Å². The second kappa shape index (κ2) is 8.34. The van der Waals surface area contributed by atoms with Crippen molar-refractivity contribution in [3.63, 3.8) is 0 Å². The summed E-state index contributed by atoms with van der Waals surface area (Å²) in [5.74, 6) is 3.23. The summed E-state index contributed by atoms with van der Waals surface area (Å²) in [5, 5.41) is 11.3. The first-order chi connectivity index (χ1) is 11.6. The van der Waals surface area contributed by atoms with Crippen LogP contribution in [0.3, 0.4) is 0 Å². The smallest absolute Gasteiger partial charge is 0.408 e. The minimum Gasteiger partial charge on any atom is -0.478 e. The monoisotopic (exact) mass is 327 g/mol. The molecule has 0 aromatic heterocycles. The van der Waals surface area contributed by atoms with Crippen LogP contribution in [0.1, 0.15) is 21.5 Å². The fraction of sp³-hybridized carbons (Fsp3) is 0.111. The molecule has 2 rings (SSSR count). The lowest BCUT2D eigenvalue weighted by Crippen LogP contribution is -2.24. The quantitative estimate of drug-likeness (QED) is 0.847. The molecule has 0 saturated heterocycles. The molecule has 0 unspecified atom stereocenters. The van der Waals surface area contributed by atoms with Gasteiger partial charge in [0.1, 0.15) is 12.4 Å². The second-order valence-electron chi connectivity index (χ2n) is 4.72. The molecule has 2 aromatic rings. The maximum atomic E-state index is 13.5. The van der Waals surface area contributed by atoms with Crippen molar-refractivity contribution in [1.82, 2.24) is 5.32 Å². The minimum absolute atomic E-state index is 0.0469. The number of aromatic carboxylic acids is 1. The van der Waals surface area contributed by atoms with Crippen molar-refractivity contribution in [3.8, 4) is 11.8 Å². The van der Waals surface area contributed by atoms with E-state index in [2.05, 4.69) is 17.2 Å². The van der Waals surface area contributed by atoms with Gasteiger partial charge in [-0.05, 0) is 23.8 Å². The fourth-order valence-corrected chi connectivity index (χ4v) is 1.78. The average Bonchev–Trinajstić information content (AvgIpc) is 2.59. The van der Waals surface area contributed by atoms with E-state index < -0.39 is 17.9 Å². The van der Waals surface area contributed by atoms with Gasteiger partial charge in [-0.25, -0.2) is 14.0 Å². The number of nitrogens with one attached hydrogen (secondary N) is 1. The molecule has 0 heterocycles. The summed E-state index contributed by atoms with van der Waals surface area (Å²) in [7, 11) is 0. The van der Waals surface area contributed by atoms with Gasteiger partial charge in [-0.3, -0.25) is 0 Å². The molecule has 24 heavy (non-hydrogen) atoms. The third-order valence-electron chi connectivity index (χ3n) is 2.97. The maximum absolute atomic E-state index is 13.5. The van der Waals surface area contributed by atoms with E-state index in [0.29, 0.717) is 0 Å². The Morgan fingerprint density at radius 1 is 1.17 bits per heavy atom. The van der Waals surface area contributed by atoms with Crippen molar-refractivity contribution in [2.75, 3.05) is 6.54 Å². The average molecular weight is 327 g/mol. The minimum atomic E-state index is -1.17. The first-order valence-electron chi connectivity index (χ1n) is 7.02. The van der Waals surface area contributed by atoms with Gasteiger partial charge in [-0.1, -0.05) is 42.2 Å². The summed E-state index contributed by atoms with van der Waals surface area (Å²) < 4.78 is 18.5. The van der Waals surface area contributed by atoms with Gasteiger partial charge in [0.05, 0.1) is 17.7 Å². The van der Waals surface area contributed by atoms with Gasteiger partial charge in [0.15, 0.2) is 0 Å². The van der Waals surface area contributed by atoms with Gasteiger partial charge in [-0.15, -0.1) is 0 Å². The van der Waals surface area contributed by atoms with Crippen molar-refractivity contribution >= 4 is 12.1 Å². The topological polar surface area (TPSA) is 75.6 Å². The number of carboxylic acids is 1. The highest BCUT2D eigenvalue weighted by Gasteiger charge is 2.06. The van der Waals surface area contributed by atoms with E-state index in [4.69, 9.17) is 9.84 Å². The van der Waals surface area contributed by atoms with Crippen LogP contribution in [0.25, 0.3) is 0 Å². The van der Waals surface area contributed by atoms with Crippen LogP contribution in [-0.2, 0) is 11.3 Å². The van der Waals surface area contributed by atoms with Gasteiger partial charge < -0.3 is 15.2 Å². The largest absolute Gasteiger partial charge is 0.478 e. The Hall–Kier alpha value is -3.33. The number of carboxylic acid groups (broad SMARTS) is 1. The zero-order chi connectivity index (χ0) is 17.4. The molecule has 0 radical (unpaired) electrons. The molecule has 0 fully saturated rings. The molecule has 0 aliphatic rings. The first kappa shape index (κ1) is 17.0. The molecule has 0 atom stereocenters. The molecule has 2 N–H and O–H groups in total. The summed E-state index contributed by atoms with van der Waals surface area (Å²) in [4.78, 5) is 22.3. The van der Waals surface area contributed by atoms with Crippen molar-refractivity contribution in [1.29, 1.82) is 0 Å². The van der Waals surface area contributed by atoms with Crippen LogP contribution in [-0.4, -0.2) is 23.7 Å². The number of carbonyl (C=O) groups is 2. The lowest BCUT2D eigenvalue weighted by atomic mass is 10.1. The van der Waals surface area contributed by atoms with Crippen LogP contribution < -0.4 is 5.32 Å². The number of benzene rings is 2. The highest BCUT2D eigenvalue weighted by molar-refractivity contribution is 5.88. The first-order valence-corrected chi connectivity index (χ1v) is 7.02. The molecule has 0 aliphatic heterocycles. The second-order valence-corrected chi connectivity index (χ2v) is 4.72. The molecule has 0 saturated carbocycles. The van der Waals surface area contributed by atoms with E-state index in [1.807, 2.05) is 30.3 Å². The number of halogens is 1. The maximum Gasteiger partial charge on any atom is 0.408 e. The van der Waals surface area contributed by atoms with Crippen molar-refractivity contribution in [2.24, 2.45) is 0 Å². The number of hydrogen-bond acceptors (Lipinski definition) is 3. The van der Waals surface area contributed by atoms with Crippen LogP contribution in [0.4, 0.5) is 9.18 Å². The third-order valence-corrected chi connectivity index (χ3v) is 2.97. The molecule has 0 aliphatic carbocycles. The van der Waals surface area contributed by atoms with Crippen LogP contribution in [0, 0.1) is 17.7 Å². The summed E-state index contributed by atoms with van der Waals surface area (Å²) in [6, 6.07) is 12.5. The Balaban J connectivity index is 1.84. The Morgan fingerprint density at radius 2 is 1.92 bits per heavy atom. The zero-order valence-corrected chi connectivity index (χ0v) is 12.6. The van der Waals surface area contributed by atoms with E-state index in [9.17, 15) is 14.0 Å². The summed E-state index contributed by atoms with van der Waals surface area (Å²) in [5.41, 5.74) is 0.747. The summed E-state index contributed by atoms with van der Waals surface area (Å²) in [6.45, 7) is 0.0831. The fourth-order valence-electron chi connectivity index (χ4n) is 1.78. The van der Waals surface area contributed by atoms with E-state index >= 15 is 0 Å². The SMILES string of the molecule is O=C(NCC#Cc1cc(C(=O)O)ccc1F)OCc1ccccc1. The van der Waals surface area contributed by atoms with Crippen molar-refractivity contribution in [3.05, 3.63) is 71.0 Å². The molecule has 1 amide bonds. The standard InChI is InChI=1S/C18H14FNO4/c19-16-9-8-15(17(21)22)11-14(16)7-4-10-20-18(23)24-12-13-5-2-1-3-6-13/h1-3,5-6,8-9,11H,10,12H2,(H,20,23)(H,21,22). The summed E-state index contributed by atoms with van der Waals surface area (Å²) in [6.07, 6.45) is -0.645. The zero-order valence-electron chi connectivity index (χ0n) is 12.6. The number of hydrogen-bond donors (Lipinski definition) is 2. The molecule has 122 valence electrons. The Kier molecular flexibility index (Phi) is 5.92. The molecule has 0 spiro atoms. The highest BCUT2D eigenvalue weighted by atomic mass is 19.1. The Morgan fingerprint density at radius 3 is 2.62 bits per heavy atom. The number of rotatable bonds is 4. The number of alkyl carbamates (subject to hydrolysis) is 1. The van der Waals surface area contributed by atoms with Crippen LogP contribution in [0.2, 0.25) is 0 Å². The predicted molar refractivity (Wildman–Crippen MR) is 84.9 cm³/mol.